The zero-order valence-electron chi connectivity index (χ0n) is 14.2. The summed E-state index contributed by atoms with van der Waals surface area (Å²) in [6.07, 6.45) is 5.73. The van der Waals surface area contributed by atoms with Crippen LogP contribution < -0.4 is 10.5 Å². The first kappa shape index (κ1) is 17.0. The van der Waals surface area contributed by atoms with Crippen molar-refractivity contribution in [3.05, 3.63) is 47.8 Å². The molecule has 1 fully saturated rings. The summed E-state index contributed by atoms with van der Waals surface area (Å²) in [7, 11) is 0. The largest absolute Gasteiger partial charge is 0.484 e. The molecule has 0 unspecified atom stereocenters. The maximum absolute atomic E-state index is 12.5. The first-order chi connectivity index (χ1) is 12.0. The van der Waals surface area contributed by atoms with Crippen molar-refractivity contribution in [1.29, 1.82) is 0 Å². The highest BCUT2D eigenvalue weighted by Gasteiger charge is 2.29. The average Bonchev–Trinajstić information content (AvgIpc) is 3.22. The minimum absolute atomic E-state index is 0.0587. The van der Waals surface area contributed by atoms with E-state index in [1.165, 1.54) is 0 Å². The molecule has 0 aliphatic carbocycles. The van der Waals surface area contributed by atoms with Crippen LogP contribution in [0.5, 0.6) is 5.75 Å². The second-order valence-electron chi connectivity index (χ2n) is 6.30. The van der Waals surface area contributed by atoms with Gasteiger partial charge in [0.25, 0.3) is 5.91 Å². The Balaban J connectivity index is 1.58. The smallest absolute Gasteiger partial charge is 0.260 e. The van der Waals surface area contributed by atoms with Crippen LogP contribution in [0.25, 0.3) is 0 Å². The molecule has 0 bridgehead atoms. The zero-order valence-corrected chi connectivity index (χ0v) is 14.2. The second-order valence-corrected chi connectivity index (χ2v) is 6.30. The lowest BCUT2D eigenvalue weighted by Gasteiger charge is -2.24. The predicted octanol–water partition coefficient (Wildman–Crippen LogP) is 1.36. The molecule has 1 aromatic carbocycles. The highest BCUT2D eigenvalue weighted by atomic mass is 16.5. The van der Waals surface area contributed by atoms with E-state index in [0.717, 1.165) is 24.9 Å². The first-order valence-corrected chi connectivity index (χ1v) is 8.34. The third-order valence-corrected chi connectivity index (χ3v) is 4.34. The topological polar surface area (TPSA) is 90.4 Å². The number of likely N-dealkylation sites (tertiary alicyclic amines) is 1. The second kappa shape index (κ2) is 7.38. The summed E-state index contributed by atoms with van der Waals surface area (Å²) in [6.45, 7) is 3.36. The van der Waals surface area contributed by atoms with Gasteiger partial charge in [-0.3, -0.25) is 14.3 Å². The van der Waals surface area contributed by atoms with Crippen molar-refractivity contribution < 1.29 is 14.3 Å². The molecular formula is C18H22N4O3. The zero-order chi connectivity index (χ0) is 17.8. The molecular weight excluding hydrogens is 320 g/mol. The minimum Gasteiger partial charge on any atom is -0.484 e. The number of benzene rings is 1. The van der Waals surface area contributed by atoms with Gasteiger partial charge >= 0.3 is 0 Å². The lowest BCUT2D eigenvalue weighted by molar-refractivity contribution is -0.134. The van der Waals surface area contributed by atoms with Crippen LogP contribution in [0.1, 0.15) is 28.8 Å². The number of amides is 2. The summed E-state index contributed by atoms with van der Waals surface area (Å²) in [6, 6.07) is 6.67. The van der Waals surface area contributed by atoms with Crippen LogP contribution in [0, 0.1) is 6.92 Å². The van der Waals surface area contributed by atoms with Crippen LogP contribution >= 0.6 is 0 Å². The van der Waals surface area contributed by atoms with E-state index in [9.17, 15) is 9.59 Å². The predicted molar refractivity (Wildman–Crippen MR) is 92.2 cm³/mol. The third kappa shape index (κ3) is 4.17. The monoisotopic (exact) mass is 342 g/mol. The summed E-state index contributed by atoms with van der Waals surface area (Å²) < 4.78 is 7.43. The Hall–Kier alpha value is -2.83. The van der Waals surface area contributed by atoms with E-state index in [1.54, 1.807) is 24.3 Å². The van der Waals surface area contributed by atoms with Crippen molar-refractivity contribution in [1.82, 2.24) is 14.7 Å². The maximum atomic E-state index is 12.5. The summed E-state index contributed by atoms with van der Waals surface area (Å²) in [5, 5.41) is 4.30. The Morgan fingerprint density at radius 2 is 2.24 bits per heavy atom. The summed E-state index contributed by atoms with van der Waals surface area (Å²) in [5.74, 6) is -0.121. The molecule has 2 aromatic rings. The lowest BCUT2D eigenvalue weighted by Crippen LogP contribution is -2.40. The van der Waals surface area contributed by atoms with Gasteiger partial charge in [-0.2, -0.15) is 5.10 Å². The summed E-state index contributed by atoms with van der Waals surface area (Å²) in [4.78, 5) is 25.6. The molecule has 7 nitrogen and oxygen atoms in total. The highest BCUT2D eigenvalue weighted by molar-refractivity contribution is 5.93. The quantitative estimate of drug-likeness (QED) is 0.858. The van der Waals surface area contributed by atoms with Crippen molar-refractivity contribution in [3.63, 3.8) is 0 Å². The van der Waals surface area contributed by atoms with Crippen LogP contribution in [-0.2, 0) is 11.3 Å². The molecule has 2 heterocycles. The summed E-state index contributed by atoms with van der Waals surface area (Å²) in [5.41, 5.74) is 6.72. The fourth-order valence-electron chi connectivity index (χ4n) is 3.10. The Morgan fingerprint density at radius 3 is 2.96 bits per heavy atom. The van der Waals surface area contributed by atoms with Gasteiger partial charge in [-0.25, -0.2) is 0 Å². The van der Waals surface area contributed by atoms with Crippen molar-refractivity contribution >= 4 is 11.8 Å². The highest BCUT2D eigenvalue weighted by Crippen LogP contribution is 2.20. The van der Waals surface area contributed by atoms with E-state index < -0.39 is 5.91 Å². The van der Waals surface area contributed by atoms with Gasteiger partial charge < -0.3 is 15.4 Å². The number of aryl methyl sites for hydroxylation is 1. The number of primary amides is 1. The number of nitrogens with zero attached hydrogens (tertiary/aromatic N) is 3. The van der Waals surface area contributed by atoms with Gasteiger partial charge in [0.2, 0.25) is 5.91 Å². The number of aromatic nitrogens is 2. The SMILES string of the molecule is Cc1cnn(C[C@@H]2CCCN2C(=O)COc2cccc(C(N)=O)c2)c1. The molecule has 1 aliphatic heterocycles. The first-order valence-electron chi connectivity index (χ1n) is 8.34. The molecule has 2 amide bonds. The van der Waals surface area contributed by atoms with Crippen LogP contribution in [0.4, 0.5) is 0 Å². The fourth-order valence-corrected chi connectivity index (χ4v) is 3.10. The van der Waals surface area contributed by atoms with Crippen molar-refractivity contribution in [2.45, 2.75) is 32.4 Å². The Morgan fingerprint density at radius 1 is 1.40 bits per heavy atom. The van der Waals surface area contributed by atoms with E-state index >= 15 is 0 Å². The van der Waals surface area contributed by atoms with Gasteiger partial charge in [0.05, 0.1) is 18.8 Å². The number of hydrogen-bond acceptors (Lipinski definition) is 4. The van der Waals surface area contributed by atoms with Gasteiger partial charge in [-0.15, -0.1) is 0 Å². The molecule has 1 saturated heterocycles. The van der Waals surface area contributed by atoms with E-state index in [2.05, 4.69) is 5.10 Å². The Kier molecular flexibility index (Phi) is 5.02. The van der Waals surface area contributed by atoms with Crippen LogP contribution in [0.3, 0.4) is 0 Å². The minimum atomic E-state index is -0.522. The van der Waals surface area contributed by atoms with Crippen molar-refractivity contribution in [3.8, 4) is 5.75 Å². The van der Waals surface area contributed by atoms with Gasteiger partial charge in [0.15, 0.2) is 6.61 Å². The van der Waals surface area contributed by atoms with Crippen molar-refractivity contribution in [2.75, 3.05) is 13.2 Å². The molecule has 1 atom stereocenters. The van der Waals surface area contributed by atoms with E-state index in [1.807, 2.05) is 28.9 Å². The molecule has 25 heavy (non-hydrogen) atoms. The Labute approximate surface area is 146 Å². The van der Waals surface area contributed by atoms with Crippen LogP contribution in [0.15, 0.2) is 36.7 Å². The number of carbonyl (C=O) groups is 2. The lowest BCUT2D eigenvalue weighted by atomic mass is 10.2. The molecule has 1 aliphatic rings. The van der Waals surface area contributed by atoms with E-state index in [0.29, 0.717) is 17.9 Å². The molecule has 0 radical (unpaired) electrons. The summed E-state index contributed by atoms with van der Waals surface area (Å²) >= 11 is 0. The molecule has 0 saturated carbocycles. The molecule has 132 valence electrons. The normalized spacial score (nSPS) is 16.8. The fraction of sp³-hybridized carbons (Fsp3) is 0.389. The number of hydrogen-bond donors (Lipinski definition) is 1. The maximum Gasteiger partial charge on any atom is 0.260 e. The Bertz CT molecular complexity index is 771. The third-order valence-electron chi connectivity index (χ3n) is 4.34. The average molecular weight is 342 g/mol. The van der Waals surface area contributed by atoms with E-state index in [4.69, 9.17) is 10.5 Å². The molecule has 1 aromatic heterocycles. The van der Waals surface area contributed by atoms with Gasteiger partial charge in [0.1, 0.15) is 5.75 Å². The van der Waals surface area contributed by atoms with Crippen LogP contribution in [0.2, 0.25) is 0 Å². The van der Waals surface area contributed by atoms with Crippen molar-refractivity contribution in [2.24, 2.45) is 5.73 Å². The number of ether oxygens (including phenoxy) is 1. The van der Waals surface area contributed by atoms with E-state index in [-0.39, 0.29) is 18.6 Å². The number of rotatable bonds is 6. The molecule has 7 heteroatoms. The van der Waals surface area contributed by atoms with Gasteiger partial charge in [-0.05, 0) is 43.5 Å². The molecule has 0 spiro atoms. The van der Waals surface area contributed by atoms with Gasteiger partial charge in [0, 0.05) is 18.3 Å². The number of carbonyl (C=O) groups excluding carboxylic acids is 2. The number of nitrogens with two attached hydrogens (primary N) is 1. The van der Waals surface area contributed by atoms with Crippen LogP contribution in [-0.4, -0.2) is 45.7 Å². The molecule has 2 N–H and O–H groups in total. The molecule has 3 rings (SSSR count). The van der Waals surface area contributed by atoms with Gasteiger partial charge in [-0.1, -0.05) is 6.07 Å². The standard InChI is InChI=1S/C18H22N4O3/c1-13-9-20-21(10-13)11-15-5-3-7-22(15)17(23)12-25-16-6-2-4-14(8-16)18(19)24/h2,4,6,8-10,15H,3,5,7,11-12H2,1H3,(H2,19,24)/t15-/m0/s1.